The molecular formula is C19H30O2Si. The van der Waals surface area contributed by atoms with Gasteiger partial charge in [0, 0.05) is 0 Å². The van der Waals surface area contributed by atoms with E-state index in [1.807, 2.05) is 18.2 Å². The minimum atomic E-state index is -1.48. The Morgan fingerprint density at radius 1 is 1.23 bits per heavy atom. The molecule has 0 aromatic heterocycles. The zero-order valence-electron chi connectivity index (χ0n) is 15.1. The molecule has 0 amide bonds. The SMILES string of the molecule is CCCOc1ccc(C(O)C#C[Si](C)(C)C)cc1C(C)(C)C. The van der Waals surface area contributed by atoms with E-state index in [9.17, 15) is 5.11 Å². The molecule has 0 saturated heterocycles. The van der Waals surface area contributed by atoms with Crippen LogP contribution in [0.4, 0.5) is 0 Å². The Hall–Kier alpha value is -1.24. The van der Waals surface area contributed by atoms with Gasteiger partial charge in [-0.1, -0.05) is 59.3 Å². The molecule has 0 heterocycles. The predicted molar refractivity (Wildman–Crippen MR) is 97.0 cm³/mol. The summed E-state index contributed by atoms with van der Waals surface area (Å²) in [5.74, 6) is 3.91. The maximum absolute atomic E-state index is 10.3. The van der Waals surface area contributed by atoms with Gasteiger partial charge < -0.3 is 9.84 Å². The molecule has 1 N–H and O–H groups in total. The molecule has 0 fully saturated rings. The fraction of sp³-hybridized carbons (Fsp3) is 0.579. The topological polar surface area (TPSA) is 29.5 Å². The minimum Gasteiger partial charge on any atom is -0.493 e. The first-order valence-electron chi connectivity index (χ1n) is 8.02. The Labute approximate surface area is 136 Å². The molecule has 0 spiro atoms. The molecule has 122 valence electrons. The van der Waals surface area contributed by atoms with Crippen molar-refractivity contribution < 1.29 is 9.84 Å². The molecule has 0 aliphatic rings. The first-order valence-corrected chi connectivity index (χ1v) is 11.5. The van der Waals surface area contributed by atoms with Crippen molar-refractivity contribution in [1.82, 2.24) is 0 Å². The van der Waals surface area contributed by atoms with Crippen LogP contribution in [0.5, 0.6) is 5.75 Å². The molecule has 0 saturated carbocycles. The van der Waals surface area contributed by atoms with Gasteiger partial charge in [-0.05, 0) is 35.1 Å². The van der Waals surface area contributed by atoms with E-state index in [1.54, 1.807) is 0 Å². The number of benzene rings is 1. The zero-order chi connectivity index (χ0) is 17.0. The molecule has 22 heavy (non-hydrogen) atoms. The van der Waals surface area contributed by atoms with Gasteiger partial charge in [0.2, 0.25) is 0 Å². The van der Waals surface area contributed by atoms with Crippen LogP contribution in [0.15, 0.2) is 18.2 Å². The Morgan fingerprint density at radius 2 is 1.86 bits per heavy atom. The van der Waals surface area contributed by atoms with Crippen molar-refractivity contribution in [3.8, 4) is 17.2 Å². The van der Waals surface area contributed by atoms with Crippen molar-refractivity contribution >= 4 is 8.07 Å². The van der Waals surface area contributed by atoms with Crippen molar-refractivity contribution in [3.63, 3.8) is 0 Å². The number of rotatable bonds is 4. The summed E-state index contributed by atoms with van der Waals surface area (Å²) >= 11 is 0. The molecular weight excluding hydrogens is 288 g/mol. The van der Waals surface area contributed by atoms with E-state index in [0.29, 0.717) is 6.61 Å². The normalized spacial score (nSPS) is 13.3. The highest BCUT2D eigenvalue weighted by atomic mass is 28.3. The van der Waals surface area contributed by atoms with Crippen LogP contribution in [0, 0.1) is 11.5 Å². The van der Waals surface area contributed by atoms with Crippen molar-refractivity contribution in [2.45, 2.75) is 65.3 Å². The third-order valence-corrected chi connectivity index (χ3v) is 4.07. The average molecular weight is 319 g/mol. The molecule has 2 nitrogen and oxygen atoms in total. The number of aliphatic hydroxyl groups is 1. The van der Waals surface area contributed by atoms with Crippen molar-refractivity contribution in [3.05, 3.63) is 29.3 Å². The van der Waals surface area contributed by atoms with E-state index < -0.39 is 14.2 Å². The Morgan fingerprint density at radius 3 is 2.36 bits per heavy atom. The quantitative estimate of drug-likeness (QED) is 0.645. The smallest absolute Gasteiger partial charge is 0.139 e. The molecule has 1 aromatic carbocycles. The first kappa shape index (κ1) is 18.8. The van der Waals surface area contributed by atoms with E-state index in [1.165, 1.54) is 0 Å². The largest absolute Gasteiger partial charge is 0.493 e. The monoisotopic (exact) mass is 318 g/mol. The maximum Gasteiger partial charge on any atom is 0.139 e. The third-order valence-electron chi connectivity index (χ3n) is 3.17. The molecule has 1 atom stereocenters. The van der Waals surface area contributed by atoms with E-state index in [4.69, 9.17) is 4.74 Å². The molecule has 0 aliphatic heterocycles. The van der Waals surface area contributed by atoms with Gasteiger partial charge >= 0.3 is 0 Å². The van der Waals surface area contributed by atoms with Gasteiger partial charge in [-0.25, -0.2) is 0 Å². The minimum absolute atomic E-state index is 0.0367. The fourth-order valence-corrected chi connectivity index (χ4v) is 2.58. The van der Waals surface area contributed by atoms with Crippen LogP contribution in [-0.4, -0.2) is 19.8 Å². The molecule has 1 aromatic rings. The summed E-state index contributed by atoms with van der Waals surface area (Å²) in [5, 5.41) is 10.3. The lowest BCUT2D eigenvalue weighted by Gasteiger charge is -2.24. The summed E-state index contributed by atoms with van der Waals surface area (Å²) in [7, 11) is -1.48. The number of hydrogen-bond donors (Lipinski definition) is 1. The lowest BCUT2D eigenvalue weighted by Crippen LogP contribution is -2.17. The molecule has 1 rings (SSSR count). The molecule has 0 aliphatic carbocycles. The summed E-state index contributed by atoms with van der Waals surface area (Å²) in [6.07, 6.45) is 0.253. The van der Waals surface area contributed by atoms with Crippen LogP contribution >= 0.6 is 0 Å². The molecule has 1 unspecified atom stereocenters. The van der Waals surface area contributed by atoms with Gasteiger partial charge in [-0.3, -0.25) is 0 Å². The van der Waals surface area contributed by atoms with Crippen LogP contribution in [0.1, 0.15) is 51.3 Å². The Kier molecular flexibility index (Phi) is 6.28. The van der Waals surface area contributed by atoms with Crippen molar-refractivity contribution in [2.24, 2.45) is 0 Å². The number of ether oxygens (including phenoxy) is 1. The van der Waals surface area contributed by atoms with Gasteiger partial charge in [0.25, 0.3) is 0 Å². The molecule has 0 bridgehead atoms. The van der Waals surface area contributed by atoms with Gasteiger partial charge in [0.1, 0.15) is 19.9 Å². The molecule has 0 radical (unpaired) electrons. The first-order chi connectivity index (χ1) is 10.0. The van der Waals surface area contributed by atoms with Crippen molar-refractivity contribution in [1.29, 1.82) is 0 Å². The molecule has 3 heteroatoms. The highest BCUT2D eigenvalue weighted by Crippen LogP contribution is 2.33. The standard InChI is InChI=1S/C19H30O2Si/c1-8-12-21-18-10-9-15(14-16(18)19(2,3)4)17(20)11-13-22(5,6)7/h9-10,14,17,20H,8,12H2,1-7H3. The zero-order valence-corrected chi connectivity index (χ0v) is 16.1. The second-order valence-corrected chi connectivity index (χ2v) is 12.5. The second-order valence-electron chi connectivity index (χ2n) is 7.78. The lowest BCUT2D eigenvalue weighted by atomic mass is 9.85. The Balaban J connectivity index is 3.15. The van der Waals surface area contributed by atoms with E-state index in [0.717, 1.165) is 23.3 Å². The Bertz CT molecular complexity index is 554. The van der Waals surface area contributed by atoms with Crippen LogP contribution in [0.3, 0.4) is 0 Å². The second kappa shape index (κ2) is 7.35. The van der Waals surface area contributed by atoms with Crippen LogP contribution in [-0.2, 0) is 5.41 Å². The van der Waals surface area contributed by atoms with E-state index >= 15 is 0 Å². The maximum atomic E-state index is 10.3. The van der Waals surface area contributed by atoms with Gasteiger partial charge in [-0.2, -0.15) is 0 Å². The summed E-state index contributed by atoms with van der Waals surface area (Å²) in [5.41, 5.74) is 5.16. The predicted octanol–water partition coefficient (Wildman–Crippen LogP) is 4.69. The van der Waals surface area contributed by atoms with Gasteiger partial charge in [0.05, 0.1) is 6.61 Å². The van der Waals surface area contributed by atoms with E-state index in [2.05, 4.69) is 58.8 Å². The summed E-state index contributed by atoms with van der Waals surface area (Å²) < 4.78 is 5.85. The summed E-state index contributed by atoms with van der Waals surface area (Å²) in [4.78, 5) is 0. The summed E-state index contributed by atoms with van der Waals surface area (Å²) in [6, 6.07) is 5.92. The summed E-state index contributed by atoms with van der Waals surface area (Å²) in [6.45, 7) is 15.8. The number of hydrogen-bond acceptors (Lipinski definition) is 2. The lowest BCUT2D eigenvalue weighted by molar-refractivity contribution is 0.237. The van der Waals surface area contributed by atoms with Gasteiger partial charge in [0.15, 0.2) is 0 Å². The third kappa shape index (κ3) is 5.86. The van der Waals surface area contributed by atoms with E-state index in [-0.39, 0.29) is 5.41 Å². The van der Waals surface area contributed by atoms with Crippen molar-refractivity contribution in [2.75, 3.05) is 6.61 Å². The van der Waals surface area contributed by atoms with Crippen LogP contribution in [0.25, 0.3) is 0 Å². The fourth-order valence-electron chi connectivity index (χ4n) is 2.01. The van der Waals surface area contributed by atoms with Crippen LogP contribution in [0.2, 0.25) is 19.6 Å². The highest BCUT2D eigenvalue weighted by molar-refractivity contribution is 6.83. The number of aliphatic hydroxyl groups excluding tert-OH is 1. The average Bonchev–Trinajstić information content (AvgIpc) is 2.40. The van der Waals surface area contributed by atoms with Crippen LogP contribution < -0.4 is 4.74 Å². The van der Waals surface area contributed by atoms with Gasteiger partial charge in [-0.15, -0.1) is 5.54 Å². The highest BCUT2D eigenvalue weighted by Gasteiger charge is 2.21.